The predicted molar refractivity (Wildman–Crippen MR) is 105 cm³/mol. The van der Waals surface area contributed by atoms with Crippen molar-refractivity contribution in [1.82, 2.24) is 0 Å². The number of ketones is 1. The number of aliphatic hydroxyl groups excluding tert-OH is 1. The normalized spacial score (nSPS) is 52.4. The molecule has 0 aromatic rings. The molecule has 3 saturated carbocycles. The molecule has 0 aromatic heterocycles. The van der Waals surface area contributed by atoms with E-state index in [2.05, 4.69) is 12.6 Å². The summed E-state index contributed by atoms with van der Waals surface area (Å²) < 4.78 is 15.3. The average Bonchev–Trinajstić information content (AvgIpc) is 2.83. The van der Waals surface area contributed by atoms with Crippen LogP contribution >= 0.6 is 12.6 Å². The number of aliphatic hydroxyl groups is 1. The molecule has 4 aliphatic rings. The van der Waals surface area contributed by atoms with Crippen molar-refractivity contribution in [3.8, 4) is 0 Å². The standard InChI is InChI=1S/C22H27FO4S/c1-11-6-14-13-8-16(23)15-7-12(25)4-5-20(15,2)18(13)17(26)9-21(14,3)22(11,10-24)19(27)28/h4-5,7,10-11,13-14,16-18,26H,6,8-9H2,1-3H3,(H,27,28)/t11-,13?,14?,16+,17+,18?,20+,21+,22-/m1/s1. The topological polar surface area (TPSA) is 71.4 Å². The summed E-state index contributed by atoms with van der Waals surface area (Å²) in [5.74, 6) is -0.945. The van der Waals surface area contributed by atoms with E-state index in [1.54, 1.807) is 6.08 Å². The van der Waals surface area contributed by atoms with Crippen LogP contribution in [0.2, 0.25) is 0 Å². The first-order chi connectivity index (χ1) is 13.0. The van der Waals surface area contributed by atoms with Gasteiger partial charge in [0, 0.05) is 11.3 Å². The largest absolute Gasteiger partial charge is 0.393 e. The lowest BCUT2D eigenvalue weighted by Crippen LogP contribution is -2.60. The zero-order valence-electron chi connectivity index (χ0n) is 16.4. The minimum Gasteiger partial charge on any atom is -0.393 e. The van der Waals surface area contributed by atoms with Crippen LogP contribution in [-0.4, -0.2) is 34.6 Å². The number of hydrogen-bond acceptors (Lipinski definition) is 4. The van der Waals surface area contributed by atoms with Gasteiger partial charge in [0.15, 0.2) is 10.9 Å². The summed E-state index contributed by atoms with van der Waals surface area (Å²) in [6.45, 7) is 5.67. The van der Waals surface area contributed by atoms with Crippen molar-refractivity contribution < 1.29 is 23.9 Å². The number of carbonyl (C=O) groups excluding carboxylic acids is 3. The maximum Gasteiger partial charge on any atom is 0.200 e. The Labute approximate surface area is 170 Å². The van der Waals surface area contributed by atoms with Crippen LogP contribution in [0.25, 0.3) is 0 Å². The Balaban J connectivity index is 1.84. The molecule has 0 radical (unpaired) electrons. The van der Waals surface area contributed by atoms with E-state index in [0.717, 1.165) is 6.29 Å². The quantitative estimate of drug-likeness (QED) is 0.420. The Kier molecular flexibility index (Phi) is 4.37. The molecule has 4 rings (SSSR count). The highest BCUT2D eigenvalue weighted by Crippen LogP contribution is 2.70. The molecule has 4 aliphatic carbocycles. The van der Waals surface area contributed by atoms with Gasteiger partial charge in [0.25, 0.3) is 0 Å². The van der Waals surface area contributed by atoms with Gasteiger partial charge in [-0.15, -0.1) is 12.6 Å². The van der Waals surface area contributed by atoms with Crippen molar-refractivity contribution >= 4 is 29.8 Å². The van der Waals surface area contributed by atoms with Crippen molar-refractivity contribution in [3.05, 3.63) is 23.8 Å². The Morgan fingerprint density at radius 2 is 2.04 bits per heavy atom. The highest BCUT2D eigenvalue weighted by molar-refractivity contribution is 7.96. The summed E-state index contributed by atoms with van der Waals surface area (Å²) in [6, 6.07) is 0. The Morgan fingerprint density at radius 1 is 1.36 bits per heavy atom. The molecule has 4 nitrogen and oxygen atoms in total. The molecule has 0 aliphatic heterocycles. The van der Waals surface area contributed by atoms with E-state index in [9.17, 15) is 19.5 Å². The monoisotopic (exact) mass is 406 g/mol. The van der Waals surface area contributed by atoms with Gasteiger partial charge < -0.3 is 9.90 Å². The third-order valence-electron chi connectivity index (χ3n) is 8.74. The fraction of sp³-hybridized carbons (Fsp3) is 0.682. The van der Waals surface area contributed by atoms with Crippen molar-refractivity contribution in [2.75, 3.05) is 0 Å². The number of rotatable bonds is 2. The smallest absolute Gasteiger partial charge is 0.200 e. The maximum atomic E-state index is 15.3. The zero-order chi connectivity index (χ0) is 20.6. The van der Waals surface area contributed by atoms with Crippen molar-refractivity contribution in [3.63, 3.8) is 0 Å². The Hall–Kier alpha value is -1.27. The predicted octanol–water partition coefficient (Wildman–Crippen LogP) is 3.10. The maximum absolute atomic E-state index is 15.3. The number of aldehydes is 1. The molecule has 0 heterocycles. The summed E-state index contributed by atoms with van der Waals surface area (Å²) in [6.07, 6.45) is 4.35. The van der Waals surface area contributed by atoms with Crippen molar-refractivity contribution in [2.24, 2.45) is 39.9 Å². The van der Waals surface area contributed by atoms with Gasteiger partial charge in [0.1, 0.15) is 17.9 Å². The molecular weight excluding hydrogens is 379 g/mol. The molecule has 3 unspecified atom stereocenters. The van der Waals surface area contributed by atoms with E-state index in [1.165, 1.54) is 12.2 Å². The third kappa shape index (κ3) is 2.19. The zero-order valence-corrected chi connectivity index (χ0v) is 17.3. The molecular formula is C22H27FO4S. The number of halogens is 1. The number of fused-ring (bicyclic) bond motifs is 5. The van der Waals surface area contributed by atoms with Gasteiger partial charge in [0.2, 0.25) is 0 Å². The molecule has 1 N–H and O–H groups in total. The van der Waals surface area contributed by atoms with Crippen LogP contribution in [0.1, 0.15) is 40.0 Å². The summed E-state index contributed by atoms with van der Waals surface area (Å²) in [5, 5.41) is 10.8. The SMILES string of the molecule is C[C@@H]1CC2C3C[C@H](F)C4=CC(=O)C=C[C@]4(C)C3[C@@H](O)C[C@]2(C)[C@@]1(C=O)C(=O)S. The van der Waals surface area contributed by atoms with E-state index in [-0.39, 0.29) is 42.3 Å². The van der Waals surface area contributed by atoms with E-state index < -0.39 is 33.6 Å². The first-order valence-electron chi connectivity index (χ1n) is 10.00. The van der Waals surface area contributed by atoms with Crippen LogP contribution < -0.4 is 0 Å². The van der Waals surface area contributed by atoms with E-state index in [0.29, 0.717) is 12.0 Å². The van der Waals surface area contributed by atoms with Crippen LogP contribution in [0.5, 0.6) is 0 Å². The fourth-order valence-corrected chi connectivity index (χ4v) is 8.01. The van der Waals surface area contributed by atoms with Crippen LogP contribution in [0.3, 0.4) is 0 Å². The summed E-state index contributed by atoms with van der Waals surface area (Å²) >= 11 is 4.07. The van der Waals surface area contributed by atoms with E-state index >= 15 is 4.39 Å². The molecule has 9 atom stereocenters. The van der Waals surface area contributed by atoms with Gasteiger partial charge in [0.05, 0.1) is 6.10 Å². The highest BCUT2D eigenvalue weighted by atomic mass is 32.1. The third-order valence-corrected chi connectivity index (χ3v) is 9.11. The van der Waals surface area contributed by atoms with E-state index in [4.69, 9.17) is 0 Å². The Bertz CT molecular complexity index is 821. The molecule has 0 aromatic carbocycles. The van der Waals surface area contributed by atoms with Gasteiger partial charge in [-0.25, -0.2) is 4.39 Å². The molecule has 3 fully saturated rings. The van der Waals surface area contributed by atoms with Gasteiger partial charge in [-0.05, 0) is 60.2 Å². The summed E-state index contributed by atoms with van der Waals surface area (Å²) in [5.41, 5.74) is -2.33. The lowest BCUT2D eigenvalue weighted by atomic mass is 9.45. The van der Waals surface area contributed by atoms with Gasteiger partial charge in [-0.2, -0.15) is 0 Å². The molecule has 0 bridgehead atoms. The van der Waals surface area contributed by atoms with Crippen LogP contribution in [0, 0.1) is 39.9 Å². The summed E-state index contributed by atoms with van der Waals surface area (Å²) in [4.78, 5) is 36.6. The van der Waals surface area contributed by atoms with Gasteiger partial charge >= 0.3 is 0 Å². The second-order valence-corrected chi connectivity index (χ2v) is 10.1. The lowest BCUT2D eigenvalue weighted by Gasteiger charge is -2.60. The molecule has 0 amide bonds. The van der Waals surface area contributed by atoms with E-state index in [1.807, 2.05) is 20.8 Å². The number of hydrogen-bond donors (Lipinski definition) is 2. The average molecular weight is 407 g/mol. The summed E-state index contributed by atoms with van der Waals surface area (Å²) in [7, 11) is 0. The number of thiol groups is 1. The minimum atomic E-state index is -1.28. The van der Waals surface area contributed by atoms with Crippen LogP contribution in [0.15, 0.2) is 23.8 Å². The van der Waals surface area contributed by atoms with Crippen LogP contribution in [-0.2, 0) is 14.4 Å². The van der Waals surface area contributed by atoms with Crippen molar-refractivity contribution in [2.45, 2.75) is 52.3 Å². The van der Waals surface area contributed by atoms with Crippen LogP contribution in [0.4, 0.5) is 4.39 Å². The molecule has 28 heavy (non-hydrogen) atoms. The molecule has 0 spiro atoms. The number of carbonyl (C=O) groups is 3. The number of alkyl halides is 1. The van der Waals surface area contributed by atoms with Crippen molar-refractivity contribution in [1.29, 1.82) is 0 Å². The number of allylic oxidation sites excluding steroid dienone is 4. The molecule has 152 valence electrons. The Morgan fingerprint density at radius 3 is 2.64 bits per heavy atom. The second-order valence-electron chi connectivity index (χ2n) is 9.74. The molecule has 6 heteroatoms. The first-order valence-corrected chi connectivity index (χ1v) is 10.4. The molecule has 0 saturated heterocycles. The second kappa shape index (κ2) is 6.11. The fourth-order valence-electron chi connectivity index (χ4n) is 7.48. The van der Waals surface area contributed by atoms with Gasteiger partial charge in [-0.1, -0.05) is 26.8 Å². The van der Waals surface area contributed by atoms with Gasteiger partial charge in [-0.3, -0.25) is 9.59 Å². The minimum absolute atomic E-state index is 0.0696. The lowest BCUT2D eigenvalue weighted by molar-refractivity contribution is -0.158. The first kappa shape index (κ1) is 20.0. The highest BCUT2D eigenvalue weighted by Gasteiger charge is 2.71.